The number of benzene rings is 4. The molecule has 6 fully saturated rings. The zero-order chi connectivity index (χ0) is 56.2. The lowest BCUT2D eigenvalue weighted by Crippen LogP contribution is -2.44. The summed E-state index contributed by atoms with van der Waals surface area (Å²) in [6.45, 7) is 17.8. The van der Waals surface area contributed by atoms with Crippen LogP contribution in [0.5, 0.6) is 11.5 Å². The highest BCUT2D eigenvalue weighted by Crippen LogP contribution is 2.36. The van der Waals surface area contributed by atoms with E-state index >= 15 is 0 Å². The first kappa shape index (κ1) is 56.7. The lowest BCUT2D eigenvalue weighted by Gasteiger charge is -2.32. The minimum atomic E-state index is -0.0225. The van der Waals surface area contributed by atoms with E-state index in [1.54, 1.807) is 6.92 Å². The molecule has 82 heavy (non-hydrogen) atoms. The van der Waals surface area contributed by atoms with Crippen LogP contribution in [0.4, 0.5) is 32.3 Å². The van der Waals surface area contributed by atoms with Crippen LogP contribution in [-0.2, 0) is 4.79 Å². The highest BCUT2D eigenvalue weighted by molar-refractivity contribution is 5.91. The molecule has 4 aromatic carbocycles. The zero-order valence-electron chi connectivity index (χ0n) is 48.5. The number of likely N-dealkylation sites (N-methyl/N-ethyl adjacent to an activating group) is 1. The molecule has 0 saturated carbocycles. The normalized spacial score (nSPS) is 18.9. The summed E-state index contributed by atoms with van der Waals surface area (Å²) in [5.41, 5.74) is 8.74. The highest BCUT2D eigenvalue weighted by atomic mass is 16.5. The molecule has 6 saturated heterocycles. The van der Waals surface area contributed by atoms with E-state index in [2.05, 4.69) is 114 Å². The molecule has 6 aliphatic heterocycles. The molecule has 6 aromatic rings. The maximum Gasteiger partial charge on any atom is 0.321 e. The largest absolute Gasteiger partial charge is 0.493 e. The second kappa shape index (κ2) is 27.3. The molecule has 0 unspecified atom stereocenters. The standard InChI is InChI=1S/C33H44N6O2.C33H41N5O3/c1-36-20-22-37(23-21-36)15-4-24-41-29-9-10-31-30(11-14-34-32(31)25-29)26-12-18-39(19-13-26)33(40)35-27-5-7-28(8-6-27)38-16-2-3-17-38;1-24(39)36-18-11-25(12-19-36)23-41-29-8-9-31-30(10-15-34-32(31)22-29)26-13-20-38(21-14-26)33(40)35-27-4-6-28(7-5-27)37-16-2-3-17-37/h5-11,14,25-26H,2-4,12-13,15-24H2,1H3,(H,35,40);4-10,15,22,25-26H,2-3,11-14,16-21,23H2,1H3,(H,35,40). The first-order valence-electron chi connectivity index (χ1n) is 30.7. The van der Waals surface area contributed by atoms with Gasteiger partial charge in [0.05, 0.1) is 24.2 Å². The summed E-state index contributed by atoms with van der Waals surface area (Å²) in [7, 11) is 2.19. The van der Waals surface area contributed by atoms with Gasteiger partial charge in [0, 0.05) is 163 Å². The van der Waals surface area contributed by atoms with Crippen LogP contribution in [0.2, 0.25) is 0 Å². The molecule has 0 radical (unpaired) electrons. The van der Waals surface area contributed by atoms with Crippen molar-refractivity contribution in [2.45, 2.75) is 89.4 Å². The van der Waals surface area contributed by atoms with Crippen molar-refractivity contribution in [3.63, 3.8) is 0 Å². The molecule has 12 rings (SSSR count). The fraction of sp³-hybridized carbons (Fsp3) is 0.500. The Balaban J connectivity index is 0.000000172. The van der Waals surface area contributed by atoms with Crippen molar-refractivity contribution in [1.82, 2.24) is 34.5 Å². The van der Waals surface area contributed by atoms with Gasteiger partial charge in [-0.3, -0.25) is 14.8 Å². The zero-order valence-corrected chi connectivity index (χ0v) is 48.5. The molecule has 16 nitrogen and oxygen atoms in total. The lowest BCUT2D eigenvalue weighted by molar-refractivity contribution is -0.130. The molecule has 6 aliphatic rings. The number of pyridine rings is 2. The molecule has 0 bridgehead atoms. The van der Waals surface area contributed by atoms with Gasteiger partial charge in [-0.15, -0.1) is 0 Å². The van der Waals surface area contributed by atoms with E-state index in [0.29, 0.717) is 24.4 Å². The van der Waals surface area contributed by atoms with E-state index in [0.717, 1.165) is 189 Å². The number of nitrogens with zero attached hydrogens (tertiary/aromatic N) is 9. The summed E-state index contributed by atoms with van der Waals surface area (Å²) >= 11 is 0. The summed E-state index contributed by atoms with van der Waals surface area (Å²) in [6.07, 6.45) is 15.6. The number of hydrogen-bond donors (Lipinski definition) is 2. The molecule has 2 N–H and O–H groups in total. The van der Waals surface area contributed by atoms with Crippen LogP contribution in [0.25, 0.3) is 21.8 Å². The SMILES string of the molecule is CC(=O)N1CCC(COc2ccc3c(C4CCN(C(=O)Nc5ccc(N6CCCC6)cc5)CC4)ccnc3c2)CC1.CN1CCN(CCCOc2ccc3c(C4CCN(C(=O)Nc5ccc(N6CCCC6)cc5)CC4)ccnc3c2)CC1. The van der Waals surface area contributed by atoms with Crippen molar-refractivity contribution in [3.8, 4) is 11.5 Å². The number of ether oxygens (including phenoxy) is 2. The summed E-state index contributed by atoms with van der Waals surface area (Å²) in [5.74, 6) is 3.17. The summed E-state index contributed by atoms with van der Waals surface area (Å²) in [4.78, 5) is 62.4. The number of carbonyl (C=O) groups is 3. The van der Waals surface area contributed by atoms with Gasteiger partial charge in [-0.25, -0.2) is 9.59 Å². The number of piperidine rings is 3. The first-order valence-corrected chi connectivity index (χ1v) is 30.7. The van der Waals surface area contributed by atoms with Crippen LogP contribution >= 0.6 is 0 Å². The molecule has 434 valence electrons. The van der Waals surface area contributed by atoms with Gasteiger partial charge in [0.15, 0.2) is 0 Å². The Morgan fingerprint density at radius 2 is 0.963 bits per heavy atom. The third-order valence-corrected chi connectivity index (χ3v) is 18.1. The van der Waals surface area contributed by atoms with Crippen molar-refractivity contribution in [1.29, 1.82) is 0 Å². The van der Waals surface area contributed by atoms with Crippen LogP contribution in [0.3, 0.4) is 0 Å². The van der Waals surface area contributed by atoms with Crippen LogP contribution < -0.4 is 29.9 Å². The molecule has 0 spiro atoms. The third kappa shape index (κ3) is 14.5. The Morgan fingerprint density at radius 1 is 0.512 bits per heavy atom. The van der Waals surface area contributed by atoms with E-state index in [-0.39, 0.29) is 18.0 Å². The third-order valence-electron chi connectivity index (χ3n) is 18.1. The Kier molecular flexibility index (Phi) is 18.9. The number of aromatic nitrogens is 2. The van der Waals surface area contributed by atoms with Crippen molar-refractivity contribution in [2.75, 3.05) is 139 Å². The molecule has 2 aromatic heterocycles. The molecule has 0 atom stereocenters. The lowest BCUT2D eigenvalue weighted by atomic mass is 9.87. The van der Waals surface area contributed by atoms with Gasteiger partial charge in [0.1, 0.15) is 11.5 Å². The van der Waals surface area contributed by atoms with Crippen LogP contribution in [0.1, 0.15) is 101 Å². The number of anilines is 4. The number of hydrogen-bond acceptors (Lipinski definition) is 11. The van der Waals surface area contributed by atoms with Gasteiger partial charge >= 0.3 is 12.1 Å². The minimum absolute atomic E-state index is 0.00799. The number of carbonyl (C=O) groups excluding carboxylic acids is 3. The van der Waals surface area contributed by atoms with Crippen molar-refractivity contribution >= 4 is 62.5 Å². The molecule has 0 aliphatic carbocycles. The average Bonchev–Trinajstić information content (AvgIpc) is 4.35. The summed E-state index contributed by atoms with van der Waals surface area (Å²) in [6, 6.07) is 33.3. The molecular formula is C66H85N11O5. The second-order valence-electron chi connectivity index (χ2n) is 23.6. The Labute approximate surface area is 485 Å². The number of nitrogens with one attached hydrogen (secondary N) is 2. The van der Waals surface area contributed by atoms with E-state index in [1.165, 1.54) is 53.6 Å². The van der Waals surface area contributed by atoms with Crippen LogP contribution in [0, 0.1) is 5.92 Å². The van der Waals surface area contributed by atoms with Crippen molar-refractivity contribution in [3.05, 3.63) is 121 Å². The summed E-state index contributed by atoms with van der Waals surface area (Å²) < 4.78 is 12.3. The number of rotatable bonds is 14. The van der Waals surface area contributed by atoms with Gasteiger partial charge < -0.3 is 54.4 Å². The Morgan fingerprint density at radius 3 is 1.43 bits per heavy atom. The second-order valence-corrected chi connectivity index (χ2v) is 23.6. The molecule has 5 amide bonds. The quantitative estimate of drug-likeness (QED) is 0.101. The molecular weight excluding hydrogens is 1030 g/mol. The number of piperazine rings is 1. The van der Waals surface area contributed by atoms with Gasteiger partial charge in [0.25, 0.3) is 0 Å². The number of fused-ring (bicyclic) bond motifs is 2. The number of likely N-dealkylation sites (tertiary alicyclic amines) is 3. The van der Waals surface area contributed by atoms with Crippen LogP contribution in [-0.4, -0.2) is 171 Å². The predicted molar refractivity (Wildman–Crippen MR) is 329 cm³/mol. The maximum absolute atomic E-state index is 13.0. The molecule has 16 heteroatoms. The summed E-state index contributed by atoms with van der Waals surface area (Å²) in [5, 5.41) is 8.55. The van der Waals surface area contributed by atoms with Gasteiger partial charge in [0.2, 0.25) is 5.91 Å². The van der Waals surface area contributed by atoms with Gasteiger partial charge in [-0.1, -0.05) is 0 Å². The first-order chi connectivity index (χ1) is 40.1. The van der Waals surface area contributed by atoms with Gasteiger partial charge in [-0.2, -0.15) is 0 Å². The predicted octanol–water partition coefficient (Wildman–Crippen LogP) is 11.1. The van der Waals surface area contributed by atoms with Crippen molar-refractivity contribution in [2.24, 2.45) is 5.92 Å². The fourth-order valence-electron chi connectivity index (χ4n) is 13.0. The number of urea groups is 2. The number of amides is 5. The van der Waals surface area contributed by atoms with E-state index < -0.39 is 0 Å². The minimum Gasteiger partial charge on any atom is -0.493 e. The fourth-order valence-corrected chi connectivity index (χ4v) is 13.0. The topological polar surface area (TPSA) is 142 Å². The van der Waals surface area contributed by atoms with E-state index in [1.807, 2.05) is 57.4 Å². The van der Waals surface area contributed by atoms with Crippen LogP contribution in [0.15, 0.2) is 109 Å². The van der Waals surface area contributed by atoms with Gasteiger partial charge in [-0.05, 0) is 191 Å². The molecule has 8 heterocycles. The highest BCUT2D eigenvalue weighted by Gasteiger charge is 2.28. The van der Waals surface area contributed by atoms with E-state index in [9.17, 15) is 14.4 Å². The monoisotopic (exact) mass is 1110 g/mol. The Hall–Kier alpha value is -7.17. The van der Waals surface area contributed by atoms with E-state index in [4.69, 9.17) is 9.47 Å². The van der Waals surface area contributed by atoms with Crippen molar-refractivity contribution < 1.29 is 23.9 Å². The average molecular weight is 1110 g/mol. The smallest absolute Gasteiger partial charge is 0.321 e. The maximum atomic E-state index is 13.0. The Bertz CT molecular complexity index is 3060.